The Morgan fingerprint density at radius 3 is 1.20 bits per heavy atom. The average molecular weight is 354 g/mol. The van der Waals surface area contributed by atoms with Crippen LogP contribution < -0.4 is 0 Å². The van der Waals surface area contributed by atoms with E-state index in [1.165, 1.54) is 115 Å². The van der Waals surface area contributed by atoms with Gasteiger partial charge in [-0.05, 0) is 25.7 Å². The molecule has 25 heavy (non-hydrogen) atoms. The van der Waals surface area contributed by atoms with E-state index in [2.05, 4.69) is 44.3 Å². The zero-order chi connectivity index (χ0) is 18.8. The predicted octanol–water partition coefficient (Wildman–Crippen LogP) is 6.87. The molecule has 0 saturated carbocycles. The molecule has 0 N–H and O–H groups in total. The van der Waals surface area contributed by atoms with Gasteiger partial charge in [0.1, 0.15) is 0 Å². The van der Waals surface area contributed by atoms with Crippen molar-refractivity contribution in [2.24, 2.45) is 0 Å². The molecule has 0 fully saturated rings. The van der Waals surface area contributed by atoms with Gasteiger partial charge >= 0.3 is 0 Å². The fourth-order valence-electron chi connectivity index (χ4n) is 3.41. The number of hydrogen-bond donors (Lipinski definition) is 0. The molecule has 0 unspecified atom stereocenters. The first-order chi connectivity index (χ1) is 12.1. The summed E-state index contributed by atoms with van der Waals surface area (Å²) in [6, 6.07) is 0. The predicted molar refractivity (Wildman–Crippen MR) is 115 cm³/mol. The molecule has 2 nitrogen and oxygen atoms in total. The third kappa shape index (κ3) is 15.4. The second-order valence-electron chi connectivity index (χ2n) is 8.02. The molecule has 0 radical (unpaired) electrons. The molecule has 0 aliphatic rings. The quantitative estimate of drug-likeness (QED) is 0.120. The van der Waals surface area contributed by atoms with Crippen molar-refractivity contribution in [3.8, 4) is 0 Å². The lowest BCUT2D eigenvalue weighted by Crippen LogP contribution is -2.35. The van der Waals surface area contributed by atoms with Crippen molar-refractivity contribution in [1.29, 1.82) is 0 Å². The number of rotatable bonds is 17. The fraction of sp³-hybridized carbons (Fsp3) is 0.957. The largest absolute Gasteiger partial charge is 0.271 e. The highest BCUT2D eigenvalue weighted by molar-refractivity contribution is 5.74. The van der Waals surface area contributed by atoms with Crippen LogP contribution in [0.3, 0.4) is 0 Å². The summed E-state index contributed by atoms with van der Waals surface area (Å²) in [6.45, 7) is 9.36. The van der Waals surface area contributed by atoms with Crippen molar-refractivity contribution in [1.82, 2.24) is 4.90 Å². The van der Waals surface area contributed by atoms with Crippen molar-refractivity contribution in [2.45, 2.75) is 117 Å². The van der Waals surface area contributed by atoms with Gasteiger partial charge in [0.15, 0.2) is 0 Å². The molecule has 150 valence electrons. The highest BCUT2D eigenvalue weighted by atomic mass is 15.2. The number of amidine groups is 1. The minimum Gasteiger partial charge on any atom is -0.271 e. The summed E-state index contributed by atoms with van der Waals surface area (Å²) in [5.74, 6) is 1.44. The van der Waals surface area contributed by atoms with Gasteiger partial charge in [-0.2, -0.15) is 0 Å². The zero-order valence-electron chi connectivity index (χ0n) is 18.4. The van der Waals surface area contributed by atoms with Gasteiger partial charge in [0.05, 0.1) is 27.2 Å². The van der Waals surface area contributed by atoms with Crippen LogP contribution in [0.5, 0.6) is 0 Å². The van der Waals surface area contributed by atoms with E-state index in [9.17, 15) is 0 Å². The van der Waals surface area contributed by atoms with E-state index in [-0.39, 0.29) is 0 Å². The molecule has 0 saturated heterocycles. The molecule has 0 aromatic rings. The van der Waals surface area contributed by atoms with Crippen LogP contribution in [0.1, 0.15) is 117 Å². The van der Waals surface area contributed by atoms with Gasteiger partial charge in [-0.15, -0.1) is 0 Å². The van der Waals surface area contributed by atoms with Crippen LogP contribution in [0.25, 0.3) is 0 Å². The number of unbranched alkanes of at least 4 members (excludes halogenated alkanes) is 13. The Morgan fingerprint density at radius 1 is 0.560 bits per heavy atom. The summed E-state index contributed by atoms with van der Waals surface area (Å²) in [5, 5.41) is 0. The van der Waals surface area contributed by atoms with Crippen LogP contribution in [0.2, 0.25) is 0 Å². The van der Waals surface area contributed by atoms with Crippen LogP contribution in [-0.4, -0.2) is 42.5 Å². The molecule has 2 heteroatoms. The third-order valence-electron chi connectivity index (χ3n) is 5.42. The molecular weight excluding hydrogens is 304 g/mol. The molecule has 0 bridgehead atoms. The summed E-state index contributed by atoms with van der Waals surface area (Å²) in [5.41, 5.74) is 0. The van der Waals surface area contributed by atoms with Crippen LogP contribution >= 0.6 is 0 Å². The van der Waals surface area contributed by atoms with Gasteiger partial charge in [0, 0.05) is 6.92 Å². The second kappa shape index (κ2) is 18.3. The lowest BCUT2D eigenvalue weighted by molar-refractivity contribution is -0.470. The molecule has 0 rings (SSSR count). The maximum atomic E-state index is 2.63. The summed E-state index contributed by atoms with van der Waals surface area (Å²) in [7, 11) is 4.36. The van der Waals surface area contributed by atoms with E-state index in [4.69, 9.17) is 0 Å². The Morgan fingerprint density at radius 2 is 0.880 bits per heavy atom. The maximum Gasteiger partial charge on any atom is 0.243 e. The highest BCUT2D eigenvalue weighted by Crippen LogP contribution is 2.11. The van der Waals surface area contributed by atoms with Crippen LogP contribution in [0.4, 0.5) is 0 Å². The molecule has 0 amide bonds. The standard InChI is InChI=1S/C23H49N2/c1-6-8-10-12-14-15-16-18-20-22-25(23(3)24(4)5)21-19-17-13-11-9-7-2/h6-22H2,1-5H3/q+1. The Labute approximate surface area is 160 Å². The van der Waals surface area contributed by atoms with E-state index < -0.39 is 0 Å². The Hall–Kier alpha value is -0.530. The van der Waals surface area contributed by atoms with Gasteiger partial charge < -0.3 is 0 Å². The van der Waals surface area contributed by atoms with Crippen molar-refractivity contribution in [3.63, 3.8) is 0 Å². The first kappa shape index (κ1) is 24.5. The van der Waals surface area contributed by atoms with Crippen LogP contribution in [0.15, 0.2) is 0 Å². The number of hydrogen-bond acceptors (Lipinski definition) is 0. The minimum absolute atomic E-state index is 1.24. The first-order valence-electron chi connectivity index (χ1n) is 11.4. The Balaban J connectivity index is 3.84. The Bertz CT molecular complexity index is 305. The van der Waals surface area contributed by atoms with Gasteiger partial charge in [-0.3, -0.25) is 9.48 Å². The minimum atomic E-state index is 1.24. The molecule has 0 aromatic carbocycles. The highest BCUT2D eigenvalue weighted by Gasteiger charge is 2.14. The monoisotopic (exact) mass is 353 g/mol. The van der Waals surface area contributed by atoms with E-state index in [1.54, 1.807) is 0 Å². The molecule has 0 atom stereocenters. The topological polar surface area (TPSA) is 6.25 Å². The lowest BCUT2D eigenvalue weighted by atomic mass is 10.1. The molecular formula is C23H49N2+. The van der Waals surface area contributed by atoms with E-state index in [1.807, 2.05) is 0 Å². The van der Waals surface area contributed by atoms with Crippen molar-refractivity contribution < 1.29 is 4.58 Å². The molecule has 0 heterocycles. The van der Waals surface area contributed by atoms with Gasteiger partial charge in [0.2, 0.25) is 5.84 Å². The Kier molecular flexibility index (Phi) is 17.9. The zero-order valence-corrected chi connectivity index (χ0v) is 18.4. The average Bonchev–Trinajstić information content (AvgIpc) is 2.60. The van der Waals surface area contributed by atoms with Crippen molar-refractivity contribution in [2.75, 3.05) is 27.2 Å². The summed E-state index contributed by atoms with van der Waals surface area (Å²) >= 11 is 0. The third-order valence-corrected chi connectivity index (χ3v) is 5.42. The molecule has 0 aromatic heterocycles. The summed E-state index contributed by atoms with van der Waals surface area (Å²) < 4.78 is 2.28. The van der Waals surface area contributed by atoms with Crippen molar-refractivity contribution >= 4 is 5.84 Å². The summed E-state index contributed by atoms with van der Waals surface area (Å²) in [6.07, 6.45) is 21.1. The second-order valence-corrected chi connectivity index (χ2v) is 8.02. The van der Waals surface area contributed by atoms with Gasteiger partial charge in [-0.25, -0.2) is 0 Å². The van der Waals surface area contributed by atoms with Crippen LogP contribution in [0, 0.1) is 0 Å². The van der Waals surface area contributed by atoms with E-state index in [0.717, 1.165) is 0 Å². The molecule has 0 aliphatic carbocycles. The number of nitrogens with zero attached hydrogens (tertiary/aromatic N) is 2. The molecule has 0 spiro atoms. The fourth-order valence-corrected chi connectivity index (χ4v) is 3.41. The van der Waals surface area contributed by atoms with E-state index >= 15 is 0 Å². The summed E-state index contributed by atoms with van der Waals surface area (Å²) in [4.78, 5) is 2.63. The van der Waals surface area contributed by atoms with Crippen LogP contribution in [-0.2, 0) is 0 Å². The van der Waals surface area contributed by atoms with E-state index in [0.29, 0.717) is 0 Å². The normalized spacial score (nSPS) is 10.9. The maximum absolute atomic E-state index is 2.63. The van der Waals surface area contributed by atoms with Crippen molar-refractivity contribution in [3.05, 3.63) is 0 Å². The molecule has 0 aliphatic heterocycles. The first-order valence-corrected chi connectivity index (χ1v) is 11.4. The smallest absolute Gasteiger partial charge is 0.243 e. The van der Waals surface area contributed by atoms with Gasteiger partial charge in [0.25, 0.3) is 0 Å². The SMILES string of the molecule is CCCCCCCCCCCN(CCCCCCCC)C(C)=[N+](C)C. The lowest BCUT2D eigenvalue weighted by Gasteiger charge is -2.19. The van der Waals surface area contributed by atoms with Gasteiger partial charge in [-0.1, -0.05) is 84.5 Å².